The third-order valence-electron chi connectivity index (χ3n) is 4.61. The van der Waals surface area contributed by atoms with Gasteiger partial charge in [-0.3, -0.25) is 14.9 Å². The second kappa shape index (κ2) is 7.85. The average Bonchev–Trinajstić information content (AvgIpc) is 2.78. The third kappa shape index (κ3) is 3.59. The molecule has 4 rings (SSSR count). The Morgan fingerprint density at radius 1 is 1.07 bits per heavy atom. The Morgan fingerprint density at radius 3 is 2.57 bits per heavy atom. The summed E-state index contributed by atoms with van der Waals surface area (Å²) in [6.07, 6.45) is 0. The molecular weight excluding hydrogens is 382 g/mol. The largest absolute Gasteiger partial charge is 0.351 e. The fourth-order valence-corrected chi connectivity index (χ4v) is 3.11. The molecule has 0 fully saturated rings. The van der Waals surface area contributed by atoms with Crippen molar-refractivity contribution < 1.29 is 4.92 Å². The number of fused-ring (bicyclic) bond motifs is 1. The monoisotopic (exact) mass is 397 g/mol. The van der Waals surface area contributed by atoms with Gasteiger partial charge in [-0.2, -0.15) is 5.26 Å². The number of nitrogens with zero attached hydrogens (tertiary/aromatic N) is 4. The molecule has 4 aromatic rings. The predicted molar refractivity (Wildman–Crippen MR) is 112 cm³/mol. The second-order valence-corrected chi connectivity index (χ2v) is 6.53. The maximum absolute atomic E-state index is 13.2. The van der Waals surface area contributed by atoms with Crippen molar-refractivity contribution in [3.63, 3.8) is 0 Å². The molecular formula is C22H15N5O3. The molecule has 1 N–H and O–H groups in total. The zero-order valence-corrected chi connectivity index (χ0v) is 15.6. The van der Waals surface area contributed by atoms with Crippen LogP contribution in [0.25, 0.3) is 16.6 Å². The van der Waals surface area contributed by atoms with Gasteiger partial charge in [0, 0.05) is 18.7 Å². The summed E-state index contributed by atoms with van der Waals surface area (Å²) < 4.78 is 1.33. The van der Waals surface area contributed by atoms with Crippen LogP contribution >= 0.6 is 0 Å². The van der Waals surface area contributed by atoms with E-state index in [1.54, 1.807) is 42.5 Å². The first-order valence-electron chi connectivity index (χ1n) is 9.06. The Bertz CT molecular complexity index is 1350. The molecule has 0 spiro atoms. The van der Waals surface area contributed by atoms with Crippen molar-refractivity contribution in [3.05, 3.63) is 104 Å². The molecule has 0 amide bonds. The molecule has 0 unspecified atom stereocenters. The van der Waals surface area contributed by atoms with Crippen molar-refractivity contribution in [2.24, 2.45) is 0 Å². The number of para-hydroxylation sites is 1. The predicted octanol–water partition coefficient (Wildman–Crippen LogP) is 3.78. The van der Waals surface area contributed by atoms with E-state index in [1.807, 2.05) is 12.1 Å². The fourth-order valence-electron chi connectivity index (χ4n) is 3.11. The second-order valence-electron chi connectivity index (χ2n) is 6.53. The number of anilines is 1. The van der Waals surface area contributed by atoms with E-state index in [0.29, 0.717) is 28.7 Å². The average molecular weight is 397 g/mol. The van der Waals surface area contributed by atoms with Crippen LogP contribution in [-0.4, -0.2) is 14.5 Å². The minimum absolute atomic E-state index is 0.120. The highest BCUT2D eigenvalue weighted by Crippen LogP contribution is 2.21. The molecule has 0 aliphatic rings. The summed E-state index contributed by atoms with van der Waals surface area (Å²) in [5.41, 5.74) is 1.86. The van der Waals surface area contributed by atoms with Gasteiger partial charge in [-0.15, -0.1) is 0 Å². The van der Waals surface area contributed by atoms with Gasteiger partial charge in [-0.05, 0) is 35.9 Å². The van der Waals surface area contributed by atoms with Gasteiger partial charge >= 0.3 is 0 Å². The minimum Gasteiger partial charge on any atom is -0.351 e. The fraction of sp³-hybridized carbons (Fsp3) is 0.0455. The standard InChI is InChI=1S/C22H15N5O3/c23-13-15-8-10-16(11-9-15)14-24-22-25-20-7-2-1-6-19(20)21(28)26(22)17-4-3-5-18(12-17)27(29)30/h1-12H,14H2,(H,24,25). The van der Waals surface area contributed by atoms with Gasteiger partial charge in [0.15, 0.2) is 0 Å². The number of hydrogen-bond donors (Lipinski definition) is 1. The quantitative estimate of drug-likeness (QED) is 0.405. The number of aromatic nitrogens is 2. The zero-order valence-electron chi connectivity index (χ0n) is 15.6. The first-order chi connectivity index (χ1) is 14.6. The summed E-state index contributed by atoms with van der Waals surface area (Å²) in [5.74, 6) is 0.267. The maximum atomic E-state index is 13.2. The molecule has 0 bridgehead atoms. The van der Waals surface area contributed by atoms with E-state index in [9.17, 15) is 14.9 Å². The molecule has 0 aliphatic heterocycles. The molecule has 0 atom stereocenters. The highest BCUT2D eigenvalue weighted by atomic mass is 16.6. The van der Waals surface area contributed by atoms with Gasteiger partial charge in [-0.1, -0.05) is 30.3 Å². The van der Waals surface area contributed by atoms with E-state index in [0.717, 1.165) is 5.56 Å². The van der Waals surface area contributed by atoms with Gasteiger partial charge in [0.25, 0.3) is 11.2 Å². The van der Waals surface area contributed by atoms with Crippen molar-refractivity contribution in [1.82, 2.24) is 9.55 Å². The number of nitriles is 1. The molecule has 3 aromatic carbocycles. The topological polar surface area (TPSA) is 114 Å². The van der Waals surface area contributed by atoms with Gasteiger partial charge in [0.05, 0.1) is 33.1 Å². The van der Waals surface area contributed by atoms with E-state index in [-0.39, 0.29) is 17.2 Å². The summed E-state index contributed by atoms with van der Waals surface area (Å²) in [6.45, 7) is 0.353. The number of rotatable bonds is 5. The Kier molecular flexibility index (Phi) is 4.93. The molecule has 146 valence electrons. The number of benzene rings is 3. The molecule has 0 saturated carbocycles. The Labute approximate surface area is 170 Å². The molecule has 0 radical (unpaired) electrons. The van der Waals surface area contributed by atoms with Crippen molar-refractivity contribution in [3.8, 4) is 11.8 Å². The van der Waals surface area contributed by atoms with Crippen molar-refractivity contribution in [1.29, 1.82) is 5.26 Å². The number of non-ortho nitro benzene ring substituents is 1. The summed E-state index contributed by atoms with van der Waals surface area (Å²) in [5, 5.41) is 23.7. The minimum atomic E-state index is -0.507. The summed E-state index contributed by atoms with van der Waals surface area (Å²) in [6, 6.07) is 21.9. The smallest absolute Gasteiger partial charge is 0.271 e. The van der Waals surface area contributed by atoms with Crippen molar-refractivity contribution in [2.45, 2.75) is 6.54 Å². The lowest BCUT2D eigenvalue weighted by molar-refractivity contribution is -0.384. The Hall–Kier alpha value is -4.51. The molecule has 30 heavy (non-hydrogen) atoms. The highest BCUT2D eigenvalue weighted by molar-refractivity contribution is 5.79. The van der Waals surface area contributed by atoms with E-state index in [1.165, 1.54) is 22.8 Å². The lowest BCUT2D eigenvalue weighted by Crippen LogP contribution is -2.23. The summed E-state index contributed by atoms with van der Waals surface area (Å²) in [7, 11) is 0. The third-order valence-corrected chi connectivity index (χ3v) is 4.61. The summed E-state index contributed by atoms with van der Waals surface area (Å²) >= 11 is 0. The first kappa shape index (κ1) is 18.8. The molecule has 1 heterocycles. The van der Waals surface area contributed by atoms with Crippen LogP contribution in [0.1, 0.15) is 11.1 Å². The SMILES string of the molecule is N#Cc1ccc(CNc2nc3ccccc3c(=O)n2-c2cccc([N+](=O)[O-])c2)cc1. The maximum Gasteiger partial charge on any atom is 0.271 e. The Balaban J connectivity index is 1.82. The molecule has 1 aromatic heterocycles. The van der Waals surface area contributed by atoms with Crippen molar-refractivity contribution >= 4 is 22.5 Å². The van der Waals surface area contributed by atoms with Crippen LogP contribution in [0.2, 0.25) is 0 Å². The number of hydrogen-bond acceptors (Lipinski definition) is 6. The van der Waals surface area contributed by atoms with Gasteiger partial charge in [-0.25, -0.2) is 9.55 Å². The molecule has 0 aliphatic carbocycles. The van der Waals surface area contributed by atoms with Crippen LogP contribution in [0, 0.1) is 21.4 Å². The normalized spacial score (nSPS) is 10.5. The zero-order chi connectivity index (χ0) is 21.1. The number of nitro groups is 1. The van der Waals surface area contributed by atoms with Gasteiger partial charge in [0.2, 0.25) is 5.95 Å². The van der Waals surface area contributed by atoms with Crippen LogP contribution in [0.4, 0.5) is 11.6 Å². The van der Waals surface area contributed by atoms with E-state index >= 15 is 0 Å². The first-order valence-corrected chi connectivity index (χ1v) is 9.06. The Morgan fingerprint density at radius 2 is 1.83 bits per heavy atom. The number of nitrogens with one attached hydrogen (secondary N) is 1. The van der Waals surface area contributed by atoms with Crippen LogP contribution < -0.4 is 10.9 Å². The van der Waals surface area contributed by atoms with Crippen molar-refractivity contribution in [2.75, 3.05) is 5.32 Å². The van der Waals surface area contributed by atoms with Crippen LogP contribution in [0.3, 0.4) is 0 Å². The van der Waals surface area contributed by atoms with Gasteiger partial charge < -0.3 is 5.32 Å². The van der Waals surface area contributed by atoms with E-state index in [2.05, 4.69) is 16.4 Å². The highest BCUT2D eigenvalue weighted by Gasteiger charge is 2.15. The van der Waals surface area contributed by atoms with Crippen LogP contribution in [-0.2, 0) is 6.54 Å². The van der Waals surface area contributed by atoms with Crippen LogP contribution in [0.5, 0.6) is 0 Å². The lowest BCUT2D eigenvalue weighted by atomic mass is 10.1. The molecule has 8 nitrogen and oxygen atoms in total. The molecule has 0 saturated heterocycles. The lowest BCUT2D eigenvalue weighted by Gasteiger charge is -2.15. The van der Waals surface area contributed by atoms with Crippen LogP contribution in [0.15, 0.2) is 77.6 Å². The van der Waals surface area contributed by atoms with E-state index < -0.39 is 4.92 Å². The molecule has 8 heteroatoms. The number of nitro benzene ring substituents is 1. The summed E-state index contributed by atoms with van der Waals surface area (Å²) in [4.78, 5) is 28.5. The van der Waals surface area contributed by atoms with E-state index in [4.69, 9.17) is 5.26 Å². The van der Waals surface area contributed by atoms with Gasteiger partial charge in [0.1, 0.15) is 0 Å².